The average Bonchev–Trinajstić information content (AvgIpc) is 2.88. The summed E-state index contributed by atoms with van der Waals surface area (Å²) in [6, 6.07) is 17.0. The van der Waals surface area contributed by atoms with Gasteiger partial charge in [-0.25, -0.2) is 0 Å². The molecule has 0 spiro atoms. The summed E-state index contributed by atoms with van der Waals surface area (Å²) < 4.78 is 12.1. The minimum absolute atomic E-state index is 0.792. The van der Waals surface area contributed by atoms with Crippen LogP contribution < -0.4 is 9.47 Å². The highest BCUT2D eigenvalue weighted by atomic mass is 16.5. The van der Waals surface area contributed by atoms with E-state index in [4.69, 9.17) is 9.47 Å². The van der Waals surface area contributed by atoms with Crippen molar-refractivity contribution in [2.75, 3.05) is 13.2 Å². The molecule has 0 saturated carbocycles. The second-order valence-electron chi connectivity index (χ2n) is 9.86. The van der Waals surface area contributed by atoms with Crippen molar-refractivity contribution in [2.24, 2.45) is 11.8 Å². The summed E-state index contributed by atoms with van der Waals surface area (Å²) in [5.74, 6) is 3.52. The maximum atomic E-state index is 6.04. The molecule has 0 aliphatic heterocycles. The third-order valence-corrected chi connectivity index (χ3v) is 7.22. The molecule has 0 radical (unpaired) electrons. The van der Waals surface area contributed by atoms with Gasteiger partial charge in [0, 0.05) is 0 Å². The van der Waals surface area contributed by atoms with E-state index in [2.05, 4.69) is 76.2 Å². The van der Waals surface area contributed by atoms with Crippen molar-refractivity contribution >= 4 is 0 Å². The molecule has 0 amide bonds. The van der Waals surface area contributed by atoms with E-state index in [1.807, 2.05) is 0 Å². The fraction of sp³-hybridized carbons (Fsp3) is 0.625. The van der Waals surface area contributed by atoms with Crippen LogP contribution >= 0.6 is 0 Å². The van der Waals surface area contributed by atoms with Crippen LogP contribution in [0.25, 0.3) is 11.1 Å². The Morgan fingerprint density at radius 2 is 0.882 bits per heavy atom. The lowest BCUT2D eigenvalue weighted by molar-refractivity contribution is 0.266. The van der Waals surface area contributed by atoms with Gasteiger partial charge in [-0.15, -0.1) is 0 Å². The molecule has 0 N–H and O–H groups in total. The Hall–Kier alpha value is -1.96. The van der Waals surface area contributed by atoms with Crippen LogP contribution in [0.1, 0.15) is 105 Å². The Kier molecular flexibility index (Phi) is 14.5. The normalized spacial score (nSPS) is 12.9. The van der Waals surface area contributed by atoms with E-state index in [0.29, 0.717) is 0 Å². The Bertz CT molecular complexity index is 669. The van der Waals surface area contributed by atoms with Crippen LogP contribution in [-0.4, -0.2) is 13.2 Å². The van der Waals surface area contributed by atoms with E-state index >= 15 is 0 Å². The van der Waals surface area contributed by atoms with Crippen LogP contribution in [0.2, 0.25) is 0 Å². The van der Waals surface area contributed by atoms with E-state index in [9.17, 15) is 0 Å². The summed E-state index contributed by atoms with van der Waals surface area (Å²) in [7, 11) is 0. The van der Waals surface area contributed by atoms with Gasteiger partial charge in [-0.2, -0.15) is 0 Å². The van der Waals surface area contributed by atoms with Gasteiger partial charge in [-0.3, -0.25) is 0 Å². The summed E-state index contributed by atoms with van der Waals surface area (Å²) in [4.78, 5) is 0. The van der Waals surface area contributed by atoms with Crippen molar-refractivity contribution in [1.29, 1.82) is 0 Å². The van der Waals surface area contributed by atoms with E-state index in [0.717, 1.165) is 49.4 Å². The van der Waals surface area contributed by atoms with Gasteiger partial charge in [0.25, 0.3) is 0 Å². The molecule has 0 aromatic heterocycles. The van der Waals surface area contributed by atoms with Gasteiger partial charge in [0.2, 0.25) is 0 Å². The lowest BCUT2D eigenvalue weighted by Gasteiger charge is -2.15. The first-order valence-electron chi connectivity index (χ1n) is 14.2. The molecule has 0 aliphatic carbocycles. The molecule has 34 heavy (non-hydrogen) atoms. The van der Waals surface area contributed by atoms with Crippen molar-refractivity contribution in [3.63, 3.8) is 0 Å². The SMILES string of the molecule is CCCCCC(CC)CCOc1ccc(-c2ccc(OCCC(CC)CCCCC)cc2)cc1. The van der Waals surface area contributed by atoms with Crippen molar-refractivity contribution in [1.82, 2.24) is 0 Å². The van der Waals surface area contributed by atoms with Gasteiger partial charge >= 0.3 is 0 Å². The number of hydrogen-bond donors (Lipinski definition) is 0. The predicted molar refractivity (Wildman–Crippen MR) is 148 cm³/mol. The minimum atomic E-state index is 0.792. The molecule has 0 heterocycles. The summed E-state index contributed by atoms with van der Waals surface area (Å²) in [5, 5.41) is 0. The zero-order chi connectivity index (χ0) is 24.4. The summed E-state index contributed by atoms with van der Waals surface area (Å²) >= 11 is 0. The molecule has 0 aliphatic rings. The van der Waals surface area contributed by atoms with Crippen molar-refractivity contribution in [3.05, 3.63) is 48.5 Å². The number of benzene rings is 2. The number of ether oxygens (including phenoxy) is 2. The van der Waals surface area contributed by atoms with Crippen LogP contribution in [0.5, 0.6) is 11.5 Å². The molecule has 0 saturated heterocycles. The Labute approximate surface area is 210 Å². The van der Waals surface area contributed by atoms with Crippen LogP contribution in [0.4, 0.5) is 0 Å². The Balaban J connectivity index is 1.74. The number of hydrogen-bond acceptors (Lipinski definition) is 2. The molecule has 0 fully saturated rings. The highest BCUT2D eigenvalue weighted by Crippen LogP contribution is 2.26. The predicted octanol–water partition coefficient (Wildman–Crippen LogP) is 10.1. The highest BCUT2D eigenvalue weighted by Gasteiger charge is 2.08. The molecule has 2 atom stereocenters. The van der Waals surface area contributed by atoms with Crippen molar-refractivity contribution in [2.45, 2.75) is 105 Å². The van der Waals surface area contributed by atoms with E-state index in [1.165, 1.54) is 75.3 Å². The van der Waals surface area contributed by atoms with Gasteiger partial charge in [0.1, 0.15) is 11.5 Å². The van der Waals surface area contributed by atoms with Crippen LogP contribution in [0, 0.1) is 11.8 Å². The third-order valence-electron chi connectivity index (χ3n) is 7.22. The van der Waals surface area contributed by atoms with Crippen LogP contribution in [0.3, 0.4) is 0 Å². The minimum Gasteiger partial charge on any atom is -0.494 e. The van der Waals surface area contributed by atoms with Gasteiger partial charge in [0.15, 0.2) is 0 Å². The topological polar surface area (TPSA) is 18.5 Å². The monoisotopic (exact) mass is 466 g/mol. The van der Waals surface area contributed by atoms with Gasteiger partial charge in [-0.05, 0) is 60.1 Å². The molecular formula is C32H50O2. The van der Waals surface area contributed by atoms with E-state index in [1.54, 1.807) is 0 Å². The molecule has 2 heteroatoms. The standard InChI is InChI=1S/C32H50O2/c1-5-9-11-13-27(7-3)23-25-33-31-19-15-29(16-20-31)30-17-21-32(22-18-30)34-26-24-28(8-4)14-12-10-6-2/h15-22,27-28H,5-14,23-26H2,1-4H3. The molecular weight excluding hydrogens is 416 g/mol. The van der Waals surface area contributed by atoms with Gasteiger partial charge < -0.3 is 9.47 Å². The van der Waals surface area contributed by atoms with Crippen LogP contribution in [-0.2, 0) is 0 Å². The second kappa shape index (κ2) is 17.5. The first kappa shape index (κ1) is 28.3. The smallest absolute Gasteiger partial charge is 0.119 e. The van der Waals surface area contributed by atoms with E-state index in [-0.39, 0.29) is 0 Å². The second-order valence-corrected chi connectivity index (χ2v) is 9.86. The number of rotatable bonds is 19. The first-order chi connectivity index (χ1) is 16.7. The zero-order valence-corrected chi connectivity index (χ0v) is 22.5. The van der Waals surface area contributed by atoms with Crippen LogP contribution in [0.15, 0.2) is 48.5 Å². The maximum absolute atomic E-state index is 6.04. The molecule has 0 bridgehead atoms. The molecule has 2 aromatic carbocycles. The Morgan fingerprint density at radius 1 is 0.500 bits per heavy atom. The largest absolute Gasteiger partial charge is 0.494 e. The third kappa shape index (κ3) is 11.0. The Morgan fingerprint density at radius 3 is 1.21 bits per heavy atom. The van der Waals surface area contributed by atoms with Gasteiger partial charge in [0.05, 0.1) is 13.2 Å². The fourth-order valence-corrected chi connectivity index (χ4v) is 4.65. The molecule has 2 nitrogen and oxygen atoms in total. The highest BCUT2D eigenvalue weighted by molar-refractivity contribution is 5.64. The average molecular weight is 467 g/mol. The maximum Gasteiger partial charge on any atom is 0.119 e. The summed E-state index contributed by atoms with van der Waals surface area (Å²) in [5.41, 5.74) is 2.43. The first-order valence-corrected chi connectivity index (χ1v) is 14.2. The van der Waals surface area contributed by atoms with E-state index < -0.39 is 0 Å². The molecule has 2 aromatic rings. The molecule has 2 unspecified atom stereocenters. The quantitative estimate of drug-likeness (QED) is 0.192. The molecule has 190 valence electrons. The van der Waals surface area contributed by atoms with Crippen molar-refractivity contribution in [3.8, 4) is 22.6 Å². The van der Waals surface area contributed by atoms with Crippen molar-refractivity contribution < 1.29 is 9.47 Å². The zero-order valence-electron chi connectivity index (χ0n) is 22.5. The molecule has 2 rings (SSSR count). The lowest BCUT2D eigenvalue weighted by atomic mass is 9.96. The summed E-state index contributed by atoms with van der Waals surface area (Å²) in [6.07, 6.45) is 15.5. The van der Waals surface area contributed by atoms with Gasteiger partial charge in [-0.1, -0.05) is 116 Å². The fourth-order valence-electron chi connectivity index (χ4n) is 4.65. The summed E-state index contributed by atoms with van der Waals surface area (Å²) in [6.45, 7) is 10.8. The lowest BCUT2D eigenvalue weighted by Crippen LogP contribution is -2.06. The number of unbranched alkanes of at least 4 members (excludes halogenated alkanes) is 4.